The average molecular weight is 476 g/mol. The standard InChI is InChI=1S/C22H32F3N3O5/c1-14-12-28(19(30)33-20(2,3)4)11-9-15(14)27-18(29)21(5,6)13-31-17-16(8-7-10-26-17)32-22(23,24)25/h7-8,10,14-15H,9,11-13H2,1-6H3,(H,27,29)/t14-,15-/m0/s1. The summed E-state index contributed by atoms with van der Waals surface area (Å²) >= 11 is 0. The molecular weight excluding hydrogens is 443 g/mol. The third-order valence-electron chi connectivity index (χ3n) is 5.02. The normalized spacial score (nSPS) is 19.6. The third kappa shape index (κ3) is 8.29. The molecule has 0 unspecified atom stereocenters. The highest BCUT2D eigenvalue weighted by molar-refractivity contribution is 5.82. The van der Waals surface area contributed by atoms with Crippen molar-refractivity contribution >= 4 is 12.0 Å². The second-order valence-electron chi connectivity index (χ2n) is 9.80. The van der Waals surface area contributed by atoms with Gasteiger partial charge in [-0.2, -0.15) is 0 Å². The largest absolute Gasteiger partial charge is 0.573 e. The van der Waals surface area contributed by atoms with Crippen LogP contribution in [0.4, 0.5) is 18.0 Å². The van der Waals surface area contributed by atoms with E-state index in [0.717, 1.165) is 6.07 Å². The van der Waals surface area contributed by atoms with Gasteiger partial charge in [0.1, 0.15) is 12.2 Å². The van der Waals surface area contributed by atoms with Gasteiger partial charge in [-0.1, -0.05) is 6.92 Å². The summed E-state index contributed by atoms with van der Waals surface area (Å²) in [7, 11) is 0. The highest BCUT2D eigenvalue weighted by Crippen LogP contribution is 2.31. The van der Waals surface area contributed by atoms with E-state index >= 15 is 0 Å². The molecule has 2 amide bonds. The lowest BCUT2D eigenvalue weighted by Crippen LogP contribution is -2.54. The molecule has 0 saturated carbocycles. The van der Waals surface area contributed by atoms with E-state index in [1.54, 1.807) is 39.5 Å². The van der Waals surface area contributed by atoms with Gasteiger partial charge in [-0.05, 0) is 59.1 Å². The third-order valence-corrected chi connectivity index (χ3v) is 5.02. The number of carbonyl (C=O) groups is 2. The second kappa shape index (κ2) is 10.0. The molecule has 0 bridgehead atoms. The maximum absolute atomic E-state index is 12.9. The number of ether oxygens (including phenoxy) is 3. The summed E-state index contributed by atoms with van der Waals surface area (Å²) in [4.78, 5) is 30.6. The van der Waals surface area contributed by atoms with Crippen LogP contribution in [0, 0.1) is 11.3 Å². The summed E-state index contributed by atoms with van der Waals surface area (Å²) in [6.45, 7) is 11.2. The van der Waals surface area contributed by atoms with Gasteiger partial charge >= 0.3 is 12.5 Å². The van der Waals surface area contributed by atoms with Gasteiger partial charge in [0.05, 0.1) is 5.41 Å². The topological polar surface area (TPSA) is 90.0 Å². The number of halogens is 3. The van der Waals surface area contributed by atoms with Gasteiger partial charge in [0.15, 0.2) is 5.75 Å². The van der Waals surface area contributed by atoms with Gasteiger partial charge in [0.25, 0.3) is 5.88 Å². The minimum Gasteiger partial charge on any atom is -0.474 e. The highest BCUT2D eigenvalue weighted by Gasteiger charge is 2.37. The molecule has 0 aromatic carbocycles. The Hall–Kier alpha value is -2.72. The van der Waals surface area contributed by atoms with Gasteiger partial charge in [0.2, 0.25) is 5.91 Å². The zero-order valence-electron chi connectivity index (χ0n) is 19.8. The molecule has 8 nitrogen and oxygen atoms in total. The van der Waals surface area contributed by atoms with E-state index in [9.17, 15) is 22.8 Å². The molecule has 1 aromatic heterocycles. The van der Waals surface area contributed by atoms with E-state index in [1.165, 1.54) is 12.3 Å². The number of likely N-dealkylation sites (tertiary alicyclic amines) is 1. The molecule has 2 heterocycles. The first-order valence-electron chi connectivity index (χ1n) is 10.7. The first-order valence-corrected chi connectivity index (χ1v) is 10.7. The van der Waals surface area contributed by atoms with E-state index in [-0.39, 0.29) is 36.4 Å². The van der Waals surface area contributed by atoms with Crippen LogP contribution in [-0.4, -0.2) is 59.6 Å². The number of rotatable bonds is 6. The van der Waals surface area contributed by atoms with Crippen LogP contribution in [0.2, 0.25) is 0 Å². The lowest BCUT2D eigenvalue weighted by atomic mass is 9.89. The fourth-order valence-corrected chi connectivity index (χ4v) is 3.22. The fourth-order valence-electron chi connectivity index (χ4n) is 3.22. The summed E-state index contributed by atoms with van der Waals surface area (Å²) in [5, 5.41) is 2.98. The van der Waals surface area contributed by atoms with Gasteiger partial charge in [-0.25, -0.2) is 9.78 Å². The molecule has 1 aromatic rings. The first kappa shape index (κ1) is 26.5. The Labute approximate surface area is 191 Å². The van der Waals surface area contributed by atoms with Crippen LogP contribution >= 0.6 is 0 Å². The first-order chi connectivity index (χ1) is 15.1. The van der Waals surface area contributed by atoms with Crippen molar-refractivity contribution < 1.29 is 37.0 Å². The molecule has 0 radical (unpaired) electrons. The van der Waals surface area contributed by atoms with Crippen molar-refractivity contribution in [2.75, 3.05) is 19.7 Å². The van der Waals surface area contributed by atoms with E-state index in [1.807, 2.05) is 6.92 Å². The number of hydrogen-bond donors (Lipinski definition) is 1. The number of pyridine rings is 1. The molecule has 11 heteroatoms. The van der Waals surface area contributed by atoms with Crippen LogP contribution in [0.5, 0.6) is 11.6 Å². The average Bonchev–Trinajstić information content (AvgIpc) is 2.66. The molecule has 186 valence electrons. The van der Waals surface area contributed by atoms with Crippen LogP contribution in [0.3, 0.4) is 0 Å². The maximum Gasteiger partial charge on any atom is 0.573 e. The molecule has 2 atom stereocenters. The van der Waals surface area contributed by atoms with Crippen LogP contribution in [0.1, 0.15) is 48.0 Å². The van der Waals surface area contributed by atoms with Crippen molar-refractivity contribution in [2.45, 2.75) is 66.0 Å². The van der Waals surface area contributed by atoms with Gasteiger partial charge in [-0.3, -0.25) is 4.79 Å². The number of alkyl halides is 3. The van der Waals surface area contributed by atoms with Crippen molar-refractivity contribution in [3.63, 3.8) is 0 Å². The number of carbonyl (C=O) groups excluding carboxylic acids is 2. The van der Waals surface area contributed by atoms with Crippen molar-refractivity contribution in [1.82, 2.24) is 15.2 Å². The SMILES string of the molecule is C[C@H]1CN(C(=O)OC(C)(C)C)CC[C@@H]1NC(=O)C(C)(C)COc1ncccc1OC(F)(F)F. The van der Waals surface area contributed by atoms with Crippen molar-refractivity contribution in [3.8, 4) is 11.6 Å². The fraction of sp³-hybridized carbons (Fsp3) is 0.682. The van der Waals surface area contributed by atoms with Gasteiger partial charge in [-0.15, -0.1) is 13.2 Å². The number of nitrogens with zero attached hydrogens (tertiary/aromatic N) is 2. The van der Waals surface area contributed by atoms with Gasteiger partial charge in [0, 0.05) is 25.3 Å². The van der Waals surface area contributed by atoms with Crippen molar-refractivity contribution in [2.24, 2.45) is 11.3 Å². The molecule has 1 aliphatic rings. The van der Waals surface area contributed by atoms with E-state index in [4.69, 9.17) is 9.47 Å². The van der Waals surface area contributed by atoms with Crippen molar-refractivity contribution in [3.05, 3.63) is 18.3 Å². The smallest absolute Gasteiger partial charge is 0.474 e. The predicted molar refractivity (Wildman–Crippen MR) is 114 cm³/mol. The number of hydrogen-bond acceptors (Lipinski definition) is 6. The summed E-state index contributed by atoms with van der Waals surface area (Å²) in [6, 6.07) is 2.20. The maximum atomic E-state index is 12.9. The summed E-state index contributed by atoms with van der Waals surface area (Å²) in [5.41, 5.74) is -1.65. The molecule has 2 rings (SSSR count). The predicted octanol–water partition coefficient (Wildman–Crippen LogP) is 4.15. The molecule has 1 saturated heterocycles. The molecule has 0 aliphatic carbocycles. The molecule has 33 heavy (non-hydrogen) atoms. The molecule has 1 aliphatic heterocycles. The van der Waals surface area contributed by atoms with E-state index in [0.29, 0.717) is 19.5 Å². The zero-order chi connectivity index (χ0) is 25.0. The summed E-state index contributed by atoms with van der Waals surface area (Å²) in [5.74, 6) is -1.27. The van der Waals surface area contributed by atoms with Crippen LogP contribution < -0.4 is 14.8 Å². The summed E-state index contributed by atoms with van der Waals surface area (Å²) in [6.07, 6.45) is -3.46. The van der Waals surface area contributed by atoms with E-state index < -0.39 is 23.1 Å². The Morgan fingerprint density at radius 1 is 1.21 bits per heavy atom. The highest BCUT2D eigenvalue weighted by atomic mass is 19.4. The van der Waals surface area contributed by atoms with Crippen molar-refractivity contribution in [1.29, 1.82) is 0 Å². The zero-order valence-corrected chi connectivity index (χ0v) is 19.8. The monoisotopic (exact) mass is 475 g/mol. The minimum absolute atomic E-state index is 0.0190. The number of nitrogens with one attached hydrogen (secondary N) is 1. The quantitative estimate of drug-likeness (QED) is 0.665. The van der Waals surface area contributed by atoms with Crippen LogP contribution in [0.25, 0.3) is 0 Å². The second-order valence-corrected chi connectivity index (χ2v) is 9.80. The molecule has 1 fully saturated rings. The Bertz CT molecular complexity index is 839. The Morgan fingerprint density at radius 2 is 1.88 bits per heavy atom. The Balaban J connectivity index is 1.93. The van der Waals surface area contributed by atoms with E-state index in [2.05, 4.69) is 15.0 Å². The number of piperidine rings is 1. The minimum atomic E-state index is -4.89. The number of aromatic nitrogens is 1. The summed E-state index contributed by atoms with van der Waals surface area (Å²) < 4.78 is 52.5. The molecular formula is C22H32F3N3O5. The Kier molecular flexibility index (Phi) is 8.08. The van der Waals surface area contributed by atoms with Crippen LogP contribution in [-0.2, 0) is 9.53 Å². The lowest BCUT2D eigenvalue weighted by Gasteiger charge is -2.39. The number of amides is 2. The van der Waals surface area contributed by atoms with Crippen LogP contribution in [0.15, 0.2) is 18.3 Å². The molecule has 1 N–H and O–H groups in total. The lowest BCUT2D eigenvalue weighted by molar-refractivity contribution is -0.275. The molecule has 0 spiro atoms. The Morgan fingerprint density at radius 3 is 2.45 bits per heavy atom. The van der Waals surface area contributed by atoms with Gasteiger partial charge < -0.3 is 24.4 Å².